The quantitative estimate of drug-likeness (QED) is 0.283. The van der Waals surface area contributed by atoms with E-state index in [0.717, 1.165) is 13.2 Å². The average Bonchev–Trinajstić information content (AvgIpc) is 2.53. The Morgan fingerprint density at radius 1 is 0.783 bits per heavy atom. The van der Waals surface area contributed by atoms with Gasteiger partial charge in [-0.25, -0.2) is 0 Å². The van der Waals surface area contributed by atoms with E-state index in [2.05, 4.69) is 0 Å². The molecule has 8 nitrogen and oxygen atoms in total. The third-order valence-corrected chi connectivity index (χ3v) is 1.90. The third-order valence-electron chi connectivity index (χ3n) is 1.90. The van der Waals surface area contributed by atoms with E-state index >= 15 is 0 Å². The van der Waals surface area contributed by atoms with Gasteiger partial charge in [0.2, 0.25) is 0 Å². The van der Waals surface area contributed by atoms with Crippen molar-refractivity contribution in [2.75, 3.05) is 59.5 Å². The largest absolute Gasteiger partial charge is 0.394 e. The van der Waals surface area contributed by atoms with Gasteiger partial charge >= 0.3 is 0 Å². The van der Waals surface area contributed by atoms with Gasteiger partial charge in [-0.1, -0.05) is 0 Å². The molecule has 0 radical (unpaired) electrons. The first-order chi connectivity index (χ1) is 11.0. The number of rotatable bonds is 12. The molecule has 0 aliphatic heterocycles. The van der Waals surface area contributed by atoms with E-state index in [1.807, 2.05) is 13.8 Å². The summed E-state index contributed by atoms with van der Waals surface area (Å²) in [6, 6.07) is 0. The molecule has 2 unspecified atom stereocenters. The molecule has 0 heterocycles. The van der Waals surface area contributed by atoms with Gasteiger partial charge in [0.05, 0.1) is 45.7 Å². The Hall–Kier alpha value is -0.320. The molecule has 0 fully saturated rings. The van der Waals surface area contributed by atoms with Crippen LogP contribution in [0.3, 0.4) is 0 Å². The molecule has 0 aliphatic carbocycles. The van der Waals surface area contributed by atoms with Gasteiger partial charge in [-0.3, -0.25) is 0 Å². The van der Waals surface area contributed by atoms with Crippen molar-refractivity contribution in [2.45, 2.75) is 40.1 Å². The van der Waals surface area contributed by atoms with Gasteiger partial charge < -0.3 is 39.4 Å². The molecule has 0 aromatic heterocycles. The van der Waals surface area contributed by atoms with E-state index in [4.69, 9.17) is 39.4 Å². The fourth-order valence-corrected chi connectivity index (χ4v) is 0.913. The van der Waals surface area contributed by atoms with Crippen LogP contribution >= 0.6 is 0 Å². The normalized spacial score (nSPS) is 12.5. The summed E-state index contributed by atoms with van der Waals surface area (Å²) >= 11 is 0. The molecule has 0 saturated carbocycles. The SMILES string of the molecule is CC(O)CO.CCOC(O)COCCOCCO.CCOCC. The van der Waals surface area contributed by atoms with E-state index in [0.29, 0.717) is 26.4 Å². The minimum absolute atomic E-state index is 0.0154. The molecular weight excluding hydrogens is 308 g/mol. The van der Waals surface area contributed by atoms with Gasteiger partial charge in [0.15, 0.2) is 6.29 Å². The van der Waals surface area contributed by atoms with Crippen molar-refractivity contribution < 1.29 is 39.4 Å². The van der Waals surface area contributed by atoms with Crippen LogP contribution in [0.2, 0.25) is 0 Å². The summed E-state index contributed by atoms with van der Waals surface area (Å²) in [5, 5.41) is 33.4. The molecule has 0 aromatic rings. The summed E-state index contributed by atoms with van der Waals surface area (Å²) in [5.41, 5.74) is 0. The molecule has 8 heteroatoms. The molecule has 0 spiro atoms. The summed E-state index contributed by atoms with van der Waals surface area (Å²) in [5.74, 6) is 0. The zero-order chi connectivity index (χ0) is 18.3. The molecule has 144 valence electrons. The highest BCUT2D eigenvalue weighted by atomic mass is 16.6. The van der Waals surface area contributed by atoms with Crippen molar-refractivity contribution in [1.29, 1.82) is 0 Å². The standard InChI is InChI=1S/C8H18O5.C4H10O.C3H8O2/c1-2-13-8(10)7-12-6-5-11-4-3-9;1-3-5-4-2;1-3(5)2-4/h8-10H,2-7H2,1H3;3-4H2,1-2H3;3-5H,2H2,1H3. The Balaban J connectivity index is -0.000000329. The summed E-state index contributed by atoms with van der Waals surface area (Å²) in [6.07, 6.45) is -1.42. The van der Waals surface area contributed by atoms with Gasteiger partial charge in [-0.15, -0.1) is 0 Å². The zero-order valence-corrected chi connectivity index (χ0v) is 14.9. The highest BCUT2D eigenvalue weighted by Gasteiger charge is 2.01. The lowest BCUT2D eigenvalue weighted by Gasteiger charge is -2.10. The first kappa shape index (κ1) is 27.5. The topological polar surface area (TPSA) is 118 Å². The first-order valence-corrected chi connectivity index (χ1v) is 7.92. The van der Waals surface area contributed by atoms with Crippen molar-refractivity contribution in [2.24, 2.45) is 0 Å². The lowest BCUT2D eigenvalue weighted by atomic mass is 10.5. The summed E-state index contributed by atoms with van der Waals surface area (Å²) in [6.45, 7) is 10.6. The highest BCUT2D eigenvalue weighted by molar-refractivity contribution is 4.37. The number of hydrogen-bond acceptors (Lipinski definition) is 8. The minimum atomic E-state index is -0.858. The molecule has 2 atom stereocenters. The minimum Gasteiger partial charge on any atom is -0.394 e. The molecule has 0 rings (SSSR count). The third kappa shape index (κ3) is 39.0. The Morgan fingerprint density at radius 3 is 1.65 bits per heavy atom. The van der Waals surface area contributed by atoms with Crippen molar-refractivity contribution >= 4 is 0 Å². The summed E-state index contributed by atoms with van der Waals surface area (Å²) < 4.78 is 19.6. The second-order valence-corrected chi connectivity index (χ2v) is 4.13. The van der Waals surface area contributed by atoms with Crippen LogP contribution in [0.4, 0.5) is 0 Å². The van der Waals surface area contributed by atoms with Crippen LogP contribution in [0.25, 0.3) is 0 Å². The lowest BCUT2D eigenvalue weighted by Crippen LogP contribution is -2.20. The molecule has 0 aliphatic rings. The summed E-state index contributed by atoms with van der Waals surface area (Å²) in [7, 11) is 0. The number of aliphatic hydroxyl groups is 4. The Bertz CT molecular complexity index is 179. The van der Waals surface area contributed by atoms with Gasteiger partial charge in [-0.2, -0.15) is 0 Å². The maximum Gasteiger partial charge on any atom is 0.178 e. The molecule has 0 aromatic carbocycles. The van der Waals surface area contributed by atoms with Gasteiger partial charge in [0.1, 0.15) is 0 Å². The van der Waals surface area contributed by atoms with Gasteiger partial charge in [-0.05, 0) is 27.7 Å². The van der Waals surface area contributed by atoms with Crippen molar-refractivity contribution in [3.63, 3.8) is 0 Å². The van der Waals surface area contributed by atoms with Gasteiger partial charge in [0, 0.05) is 19.8 Å². The van der Waals surface area contributed by atoms with Crippen LogP contribution in [-0.4, -0.2) is 92.3 Å². The molecule has 0 bridgehead atoms. The highest BCUT2D eigenvalue weighted by Crippen LogP contribution is 1.88. The van der Waals surface area contributed by atoms with Crippen molar-refractivity contribution in [1.82, 2.24) is 0 Å². The second kappa shape index (κ2) is 26.6. The molecular formula is C15H36O8. The zero-order valence-electron chi connectivity index (χ0n) is 14.9. The van der Waals surface area contributed by atoms with Gasteiger partial charge in [0.25, 0.3) is 0 Å². The van der Waals surface area contributed by atoms with E-state index in [9.17, 15) is 0 Å². The Morgan fingerprint density at radius 2 is 1.30 bits per heavy atom. The van der Waals surface area contributed by atoms with Crippen LogP contribution in [0.5, 0.6) is 0 Å². The van der Waals surface area contributed by atoms with Crippen LogP contribution in [0, 0.1) is 0 Å². The van der Waals surface area contributed by atoms with E-state index in [1.165, 1.54) is 6.92 Å². The van der Waals surface area contributed by atoms with Crippen LogP contribution in [0.1, 0.15) is 27.7 Å². The average molecular weight is 344 g/mol. The fourth-order valence-electron chi connectivity index (χ4n) is 0.913. The predicted octanol–water partition coefficient (Wildman–Crippen LogP) is -0.231. The lowest BCUT2D eigenvalue weighted by molar-refractivity contribution is -0.137. The molecule has 23 heavy (non-hydrogen) atoms. The molecule has 0 saturated heterocycles. The first-order valence-electron chi connectivity index (χ1n) is 7.92. The number of ether oxygens (including phenoxy) is 4. The smallest absolute Gasteiger partial charge is 0.178 e. The summed E-state index contributed by atoms with van der Waals surface area (Å²) in [4.78, 5) is 0. The number of hydrogen-bond donors (Lipinski definition) is 4. The maximum atomic E-state index is 9.02. The van der Waals surface area contributed by atoms with Crippen LogP contribution in [-0.2, 0) is 18.9 Å². The van der Waals surface area contributed by atoms with Crippen molar-refractivity contribution in [3.05, 3.63) is 0 Å². The van der Waals surface area contributed by atoms with Crippen molar-refractivity contribution in [3.8, 4) is 0 Å². The van der Waals surface area contributed by atoms with E-state index in [-0.39, 0.29) is 19.8 Å². The van der Waals surface area contributed by atoms with E-state index < -0.39 is 12.4 Å². The Labute approximate surface area is 139 Å². The van der Waals surface area contributed by atoms with E-state index in [1.54, 1.807) is 6.92 Å². The fraction of sp³-hybridized carbons (Fsp3) is 1.00. The Kier molecular flexibility index (Phi) is 31.8. The van der Waals surface area contributed by atoms with Crippen LogP contribution in [0.15, 0.2) is 0 Å². The monoisotopic (exact) mass is 344 g/mol. The number of aliphatic hydroxyl groups excluding tert-OH is 4. The van der Waals surface area contributed by atoms with Crippen LogP contribution < -0.4 is 0 Å². The predicted molar refractivity (Wildman–Crippen MR) is 87.3 cm³/mol. The maximum absolute atomic E-state index is 9.02. The molecule has 0 amide bonds. The molecule has 4 N–H and O–H groups in total. The second-order valence-electron chi connectivity index (χ2n) is 4.13.